The molecule has 0 rings (SSSR count). The van der Waals surface area contributed by atoms with Gasteiger partial charge in [-0.3, -0.25) is 0 Å². The van der Waals surface area contributed by atoms with Crippen LogP contribution in [0, 0.1) is 5.41 Å². The molecule has 0 amide bonds. The molecule has 0 aromatic carbocycles. The molecule has 0 spiro atoms. The van der Waals surface area contributed by atoms with E-state index in [0.717, 1.165) is 0 Å². The zero-order valence-corrected chi connectivity index (χ0v) is 10.3. The van der Waals surface area contributed by atoms with Crippen LogP contribution in [-0.2, 0) is 10.0 Å². The molecule has 5 heteroatoms. The zero-order valence-electron chi connectivity index (χ0n) is 9.50. The smallest absolute Gasteiger partial charge is 0.215 e. The summed E-state index contributed by atoms with van der Waals surface area (Å²) in [5.74, 6) is 0. The number of hydrogen-bond acceptors (Lipinski definition) is 3. The quantitative estimate of drug-likeness (QED) is 0.719. The van der Waals surface area contributed by atoms with Crippen LogP contribution in [-0.4, -0.2) is 26.8 Å². The van der Waals surface area contributed by atoms with Crippen molar-refractivity contribution in [2.75, 3.05) is 13.1 Å². The summed E-state index contributed by atoms with van der Waals surface area (Å²) in [6.45, 7) is 8.41. The fourth-order valence-corrected chi connectivity index (χ4v) is 2.51. The number of hydrogen-bond donors (Lipinski definition) is 2. The first-order valence-electron chi connectivity index (χ1n) is 4.91. The maximum atomic E-state index is 11.6. The number of nitrogens with one attached hydrogen (secondary N) is 1. The minimum atomic E-state index is -3.23. The normalized spacial score (nSPS) is 15.5. The molecule has 1 atom stereocenters. The Hall–Kier alpha value is -0.130. The molecular formula is C9H22N2O2S. The molecule has 4 nitrogen and oxygen atoms in total. The van der Waals surface area contributed by atoms with E-state index in [4.69, 9.17) is 5.73 Å². The van der Waals surface area contributed by atoms with E-state index in [1.54, 1.807) is 0 Å². The molecule has 3 N–H and O–H groups in total. The summed E-state index contributed by atoms with van der Waals surface area (Å²) in [4.78, 5) is 0. The van der Waals surface area contributed by atoms with Crippen molar-refractivity contribution in [1.29, 1.82) is 0 Å². The van der Waals surface area contributed by atoms with E-state index in [0.29, 0.717) is 13.0 Å². The van der Waals surface area contributed by atoms with Crippen molar-refractivity contribution in [1.82, 2.24) is 4.72 Å². The van der Waals surface area contributed by atoms with Crippen molar-refractivity contribution in [3.63, 3.8) is 0 Å². The van der Waals surface area contributed by atoms with Crippen LogP contribution in [0.1, 0.15) is 34.1 Å². The molecule has 0 saturated carbocycles. The minimum Gasteiger partial charge on any atom is -0.329 e. The summed E-state index contributed by atoms with van der Waals surface area (Å²) in [6, 6.07) is 0. The molecule has 1 unspecified atom stereocenters. The second-order valence-corrected chi connectivity index (χ2v) is 6.74. The molecule has 0 fully saturated rings. The molecule has 0 aromatic rings. The van der Waals surface area contributed by atoms with Crippen LogP contribution in [0.3, 0.4) is 0 Å². The van der Waals surface area contributed by atoms with Crippen molar-refractivity contribution in [2.45, 2.75) is 39.4 Å². The second-order valence-electron chi connectivity index (χ2n) is 4.69. The van der Waals surface area contributed by atoms with Gasteiger partial charge in [-0.2, -0.15) is 0 Å². The topological polar surface area (TPSA) is 72.2 Å². The van der Waals surface area contributed by atoms with Crippen molar-refractivity contribution in [3.05, 3.63) is 0 Å². The highest BCUT2D eigenvalue weighted by Crippen LogP contribution is 2.12. The third-order valence-corrected chi connectivity index (χ3v) is 3.91. The van der Waals surface area contributed by atoms with E-state index in [1.165, 1.54) is 0 Å². The summed E-state index contributed by atoms with van der Waals surface area (Å²) < 4.78 is 25.9. The van der Waals surface area contributed by atoms with Gasteiger partial charge in [0.15, 0.2) is 0 Å². The highest BCUT2D eigenvalue weighted by molar-refractivity contribution is 7.90. The van der Waals surface area contributed by atoms with Crippen molar-refractivity contribution in [3.8, 4) is 0 Å². The summed E-state index contributed by atoms with van der Waals surface area (Å²) in [5, 5.41) is -0.468. The number of rotatable bonds is 5. The van der Waals surface area contributed by atoms with Gasteiger partial charge in [0.1, 0.15) is 0 Å². The molecule has 0 aliphatic carbocycles. The zero-order chi connectivity index (χ0) is 11.4. The minimum absolute atomic E-state index is 0.0417. The Morgan fingerprint density at radius 2 is 1.86 bits per heavy atom. The van der Waals surface area contributed by atoms with Gasteiger partial charge in [-0.25, -0.2) is 13.1 Å². The van der Waals surface area contributed by atoms with Gasteiger partial charge in [0, 0.05) is 13.1 Å². The van der Waals surface area contributed by atoms with E-state index in [-0.39, 0.29) is 12.0 Å². The first kappa shape index (κ1) is 13.9. The summed E-state index contributed by atoms with van der Waals surface area (Å²) in [7, 11) is -3.23. The highest BCUT2D eigenvalue weighted by atomic mass is 32.2. The maximum Gasteiger partial charge on any atom is 0.215 e. The van der Waals surface area contributed by atoms with Crippen LogP contribution < -0.4 is 10.5 Å². The molecular weight excluding hydrogens is 200 g/mol. The van der Waals surface area contributed by atoms with Crippen LogP contribution in [0.4, 0.5) is 0 Å². The van der Waals surface area contributed by atoms with E-state index < -0.39 is 15.3 Å². The lowest BCUT2D eigenvalue weighted by atomic mass is 9.98. The third-order valence-electron chi connectivity index (χ3n) is 1.96. The Bertz CT molecular complexity index is 250. The molecule has 0 bridgehead atoms. The average Bonchev–Trinajstić information content (AvgIpc) is 2.02. The summed E-state index contributed by atoms with van der Waals surface area (Å²) in [5.41, 5.74) is 5.35. The SMILES string of the molecule is CCC(CN)S(=O)(=O)NCC(C)(C)C. The molecule has 86 valence electrons. The highest BCUT2D eigenvalue weighted by Gasteiger charge is 2.23. The van der Waals surface area contributed by atoms with E-state index in [1.807, 2.05) is 27.7 Å². The lowest BCUT2D eigenvalue weighted by Gasteiger charge is -2.21. The average molecular weight is 222 g/mol. The molecule has 0 radical (unpaired) electrons. The second kappa shape index (κ2) is 5.09. The molecule has 0 aromatic heterocycles. The van der Waals surface area contributed by atoms with Crippen molar-refractivity contribution in [2.24, 2.45) is 11.1 Å². The third kappa shape index (κ3) is 4.93. The summed E-state index contributed by atoms with van der Waals surface area (Å²) in [6.07, 6.45) is 0.552. The van der Waals surface area contributed by atoms with Crippen LogP contribution in [0.25, 0.3) is 0 Å². The fourth-order valence-electron chi connectivity index (χ4n) is 0.948. The molecule has 0 heterocycles. The van der Waals surface area contributed by atoms with Gasteiger partial charge in [0.05, 0.1) is 5.25 Å². The predicted molar refractivity (Wildman–Crippen MR) is 59.5 cm³/mol. The Labute approximate surface area is 87.3 Å². The van der Waals surface area contributed by atoms with Crippen LogP contribution in [0.2, 0.25) is 0 Å². The molecule has 0 aliphatic rings. The van der Waals surface area contributed by atoms with Crippen LogP contribution in [0.5, 0.6) is 0 Å². The molecule has 14 heavy (non-hydrogen) atoms. The lowest BCUT2D eigenvalue weighted by Crippen LogP contribution is -2.41. The fraction of sp³-hybridized carbons (Fsp3) is 1.00. The van der Waals surface area contributed by atoms with Crippen molar-refractivity contribution < 1.29 is 8.42 Å². The van der Waals surface area contributed by atoms with Crippen molar-refractivity contribution >= 4 is 10.0 Å². The number of nitrogens with two attached hydrogens (primary N) is 1. The van der Waals surface area contributed by atoms with E-state index in [9.17, 15) is 8.42 Å². The summed E-state index contributed by atoms with van der Waals surface area (Å²) >= 11 is 0. The Morgan fingerprint density at radius 3 is 2.14 bits per heavy atom. The number of sulfonamides is 1. The van der Waals surface area contributed by atoms with E-state index in [2.05, 4.69) is 4.72 Å². The van der Waals surface area contributed by atoms with Crippen LogP contribution >= 0.6 is 0 Å². The first-order valence-corrected chi connectivity index (χ1v) is 6.46. The van der Waals surface area contributed by atoms with Gasteiger partial charge in [0.25, 0.3) is 0 Å². The Kier molecular flexibility index (Phi) is 5.05. The monoisotopic (exact) mass is 222 g/mol. The lowest BCUT2D eigenvalue weighted by molar-refractivity contribution is 0.406. The van der Waals surface area contributed by atoms with E-state index >= 15 is 0 Å². The Balaban J connectivity index is 4.35. The van der Waals surface area contributed by atoms with Gasteiger partial charge in [-0.1, -0.05) is 27.7 Å². The standard InChI is InChI=1S/C9H22N2O2S/c1-5-8(6-10)14(12,13)11-7-9(2,3)4/h8,11H,5-7,10H2,1-4H3. The largest absolute Gasteiger partial charge is 0.329 e. The maximum absolute atomic E-state index is 11.6. The molecule has 0 saturated heterocycles. The Morgan fingerprint density at radius 1 is 1.36 bits per heavy atom. The van der Waals surface area contributed by atoms with Crippen LogP contribution in [0.15, 0.2) is 0 Å². The van der Waals surface area contributed by atoms with Gasteiger partial charge >= 0.3 is 0 Å². The van der Waals surface area contributed by atoms with Gasteiger partial charge in [-0.05, 0) is 11.8 Å². The first-order chi connectivity index (χ1) is 6.23. The van der Waals surface area contributed by atoms with Gasteiger partial charge in [-0.15, -0.1) is 0 Å². The predicted octanol–water partition coefficient (Wildman–Crippen LogP) is 0.689. The van der Waals surface area contributed by atoms with Gasteiger partial charge in [0.2, 0.25) is 10.0 Å². The molecule has 0 aliphatic heterocycles. The van der Waals surface area contributed by atoms with Gasteiger partial charge < -0.3 is 5.73 Å².